The molecule has 3 aliphatic heterocycles. The van der Waals surface area contributed by atoms with E-state index in [1.54, 1.807) is 11.0 Å². The first-order valence-corrected chi connectivity index (χ1v) is 14.6. The molecule has 6 rings (SSSR count). The van der Waals surface area contributed by atoms with E-state index in [1.165, 1.54) is 30.3 Å². The van der Waals surface area contributed by atoms with Crippen molar-refractivity contribution >= 4 is 46.1 Å². The molecule has 0 aliphatic carbocycles. The third kappa shape index (κ3) is 6.16. The number of nitrogens with zero attached hydrogens (tertiary/aromatic N) is 2. The van der Waals surface area contributed by atoms with Crippen LogP contribution >= 0.6 is 0 Å². The van der Waals surface area contributed by atoms with Crippen LogP contribution in [0.5, 0.6) is 0 Å². The molecule has 3 heterocycles. The van der Waals surface area contributed by atoms with Gasteiger partial charge in [0.25, 0.3) is 5.91 Å². The molecule has 0 bridgehead atoms. The van der Waals surface area contributed by atoms with Crippen LogP contribution in [0.1, 0.15) is 46.5 Å². The summed E-state index contributed by atoms with van der Waals surface area (Å²) in [7, 11) is 0. The number of morpholine rings is 1. The molecule has 3 aromatic rings. The number of ether oxygens (including phenoxy) is 1. The minimum Gasteiger partial charge on any atom is -0.478 e. The Morgan fingerprint density at radius 3 is 2.36 bits per heavy atom. The molecule has 0 aromatic heterocycles. The second-order valence-corrected chi connectivity index (χ2v) is 11.6. The highest BCUT2D eigenvalue weighted by molar-refractivity contribution is 6.37. The van der Waals surface area contributed by atoms with Crippen molar-refractivity contribution in [1.82, 2.24) is 4.90 Å². The molecule has 9 nitrogen and oxygen atoms in total. The molecule has 0 spiro atoms. The molecule has 0 radical (unpaired) electrons. The Kier molecular flexibility index (Phi) is 7.88. The minimum absolute atomic E-state index is 0.0108. The summed E-state index contributed by atoms with van der Waals surface area (Å²) in [6.07, 6.45) is -3.84. The van der Waals surface area contributed by atoms with Crippen LogP contribution in [0.4, 0.5) is 30.2 Å². The van der Waals surface area contributed by atoms with E-state index in [1.807, 2.05) is 26.0 Å². The van der Waals surface area contributed by atoms with Gasteiger partial charge in [0.2, 0.25) is 5.91 Å². The zero-order valence-corrected chi connectivity index (χ0v) is 24.6. The van der Waals surface area contributed by atoms with Crippen molar-refractivity contribution in [2.24, 2.45) is 0 Å². The van der Waals surface area contributed by atoms with Crippen molar-refractivity contribution in [3.8, 4) is 0 Å². The number of carbonyl (C=O) groups excluding carboxylic acids is 2. The maximum atomic E-state index is 13.3. The monoisotopic (exact) mass is 620 g/mol. The van der Waals surface area contributed by atoms with Gasteiger partial charge in [0.05, 0.1) is 46.8 Å². The fourth-order valence-electron chi connectivity index (χ4n) is 6.23. The Hall–Kier alpha value is -4.68. The number of halogens is 3. The van der Waals surface area contributed by atoms with Crippen molar-refractivity contribution in [3.05, 3.63) is 88.5 Å². The molecule has 0 saturated carbocycles. The molecule has 3 aliphatic rings. The van der Waals surface area contributed by atoms with E-state index in [0.717, 1.165) is 23.4 Å². The molecule has 12 heteroatoms. The molecule has 1 saturated heterocycles. The Balaban J connectivity index is 1.32. The average molecular weight is 621 g/mol. The van der Waals surface area contributed by atoms with Gasteiger partial charge >= 0.3 is 12.1 Å². The number of nitrogens with one attached hydrogen (secondary N) is 2. The van der Waals surface area contributed by atoms with Gasteiger partial charge in [0.1, 0.15) is 0 Å². The van der Waals surface area contributed by atoms with E-state index in [-0.39, 0.29) is 47.2 Å². The van der Waals surface area contributed by atoms with Crippen LogP contribution in [0.2, 0.25) is 0 Å². The van der Waals surface area contributed by atoms with Crippen molar-refractivity contribution in [1.29, 1.82) is 0 Å². The van der Waals surface area contributed by atoms with Gasteiger partial charge in [-0.25, -0.2) is 4.79 Å². The zero-order valence-electron chi connectivity index (χ0n) is 24.6. The molecule has 2 atom stereocenters. The van der Waals surface area contributed by atoms with Gasteiger partial charge in [0.15, 0.2) is 0 Å². The molecule has 3 N–H and O–H groups in total. The van der Waals surface area contributed by atoms with Crippen LogP contribution in [0.25, 0.3) is 11.3 Å². The number of hydrogen-bond acceptors (Lipinski definition) is 6. The van der Waals surface area contributed by atoms with E-state index in [4.69, 9.17) is 4.74 Å². The van der Waals surface area contributed by atoms with Crippen molar-refractivity contribution in [2.45, 2.75) is 38.7 Å². The number of benzene rings is 3. The Bertz CT molecular complexity index is 1710. The normalized spacial score (nSPS) is 20.8. The number of hydrogen-bond donors (Lipinski definition) is 3. The van der Waals surface area contributed by atoms with Gasteiger partial charge < -0.3 is 25.4 Å². The van der Waals surface area contributed by atoms with Crippen LogP contribution in [-0.4, -0.2) is 66.2 Å². The fraction of sp³-hybridized carbons (Fsp3) is 0.303. The summed E-state index contributed by atoms with van der Waals surface area (Å²) in [4.78, 5) is 41.9. The lowest BCUT2D eigenvalue weighted by Crippen LogP contribution is -2.49. The molecular formula is C33H31F3N4O5. The van der Waals surface area contributed by atoms with Crippen LogP contribution in [-0.2, 0) is 26.9 Å². The molecule has 45 heavy (non-hydrogen) atoms. The number of carboxylic acid groups (broad SMARTS) is 1. The highest BCUT2D eigenvalue weighted by atomic mass is 19.4. The number of fused-ring (bicyclic) bond motifs is 2. The number of amides is 2. The van der Waals surface area contributed by atoms with Gasteiger partial charge in [-0.3, -0.25) is 14.5 Å². The number of aromatic carboxylic acids is 1. The lowest BCUT2D eigenvalue weighted by molar-refractivity contribution is -0.137. The predicted molar refractivity (Wildman–Crippen MR) is 163 cm³/mol. The van der Waals surface area contributed by atoms with Gasteiger partial charge in [-0.1, -0.05) is 18.2 Å². The lowest BCUT2D eigenvalue weighted by atomic mass is 9.98. The fourth-order valence-corrected chi connectivity index (χ4v) is 6.23. The Morgan fingerprint density at radius 1 is 1.00 bits per heavy atom. The van der Waals surface area contributed by atoms with Gasteiger partial charge in [-0.2, -0.15) is 13.2 Å². The third-order valence-corrected chi connectivity index (χ3v) is 8.16. The first-order valence-electron chi connectivity index (χ1n) is 14.6. The first-order chi connectivity index (χ1) is 21.4. The molecule has 1 fully saturated rings. The SMILES string of the molecule is CC1CN(CC(=O)N2CCc3cc(N/C(=C4\C(=O)Nc5cc(C(=O)O)ccc54)c4ccc(C(F)(F)F)cc4)ccc32)CC(C)O1. The Labute approximate surface area is 257 Å². The summed E-state index contributed by atoms with van der Waals surface area (Å²) in [6, 6.07) is 14.1. The summed E-state index contributed by atoms with van der Waals surface area (Å²) < 4.78 is 45.8. The second-order valence-electron chi connectivity index (χ2n) is 11.6. The zero-order chi connectivity index (χ0) is 32.0. The van der Waals surface area contributed by atoms with Crippen LogP contribution in [0, 0.1) is 0 Å². The van der Waals surface area contributed by atoms with Crippen molar-refractivity contribution in [2.75, 3.05) is 41.7 Å². The summed E-state index contributed by atoms with van der Waals surface area (Å²) in [5.74, 6) is -1.70. The smallest absolute Gasteiger partial charge is 0.416 e. The number of carbonyl (C=O) groups is 3. The number of anilines is 3. The predicted octanol–water partition coefficient (Wildman–Crippen LogP) is 5.33. The van der Waals surface area contributed by atoms with Gasteiger partial charge in [-0.05, 0) is 73.9 Å². The summed E-state index contributed by atoms with van der Waals surface area (Å²) in [5, 5.41) is 15.3. The average Bonchev–Trinajstić information content (AvgIpc) is 3.54. The molecular weight excluding hydrogens is 589 g/mol. The van der Waals surface area contributed by atoms with Gasteiger partial charge in [0, 0.05) is 36.6 Å². The standard InChI is InChI=1S/C33H31F3N4O5/c1-18-15-39(16-19(2)45-18)17-28(41)40-12-11-21-13-24(8-10-27(21)40)37-30(20-3-6-23(7-4-20)33(34,35)36)29-25-9-5-22(32(43)44)14-26(25)38-31(29)42/h3-10,13-14,18-19,37H,11-12,15-17H2,1-2H3,(H,38,42)(H,43,44)/b30-29-. The number of rotatable bonds is 6. The molecule has 234 valence electrons. The van der Waals surface area contributed by atoms with Crippen molar-refractivity contribution in [3.63, 3.8) is 0 Å². The van der Waals surface area contributed by atoms with Crippen LogP contribution < -0.4 is 15.5 Å². The number of alkyl halides is 3. The van der Waals surface area contributed by atoms with E-state index in [2.05, 4.69) is 15.5 Å². The summed E-state index contributed by atoms with van der Waals surface area (Å²) in [5.41, 5.74) is 2.86. The summed E-state index contributed by atoms with van der Waals surface area (Å²) >= 11 is 0. The van der Waals surface area contributed by atoms with E-state index in [0.29, 0.717) is 42.9 Å². The third-order valence-electron chi connectivity index (χ3n) is 8.16. The highest BCUT2D eigenvalue weighted by Gasteiger charge is 2.33. The maximum Gasteiger partial charge on any atom is 0.416 e. The van der Waals surface area contributed by atoms with Crippen LogP contribution in [0.3, 0.4) is 0 Å². The van der Waals surface area contributed by atoms with Gasteiger partial charge in [-0.15, -0.1) is 0 Å². The quantitative estimate of drug-likeness (QED) is 0.320. The first kappa shape index (κ1) is 30.4. The number of carboxylic acids is 1. The van der Waals surface area contributed by atoms with E-state index in [9.17, 15) is 32.7 Å². The largest absolute Gasteiger partial charge is 0.478 e. The topological polar surface area (TPSA) is 111 Å². The molecule has 3 aromatic carbocycles. The van der Waals surface area contributed by atoms with Crippen molar-refractivity contribution < 1.29 is 37.4 Å². The lowest BCUT2D eigenvalue weighted by Gasteiger charge is -2.35. The molecule has 2 amide bonds. The Morgan fingerprint density at radius 2 is 1.69 bits per heavy atom. The highest BCUT2D eigenvalue weighted by Crippen LogP contribution is 2.40. The van der Waals surface area contributed by atoms with E-state index >= 15 is 0 Å². The summed E-state index contributed by atoms with van der Waals surface area (Å²) in [6.45, 7) is 6.12. The molecule has 2 unspecified atom stereocenters. The van der Waals surface area contributed by atoms with Crippen LogP contribution in [0.15, 0.2) is 60.7 Å². The second kappa shape index (κ2) is 11.7. The van der Waals surface area contributed by atoms with E-state index < -0.39 is 23.6 Å². The minimum atomic E-state index is -4.54. The maximum absolute atomic E-state index is 13.3.